The fourth-order valence-corrected chi connectivity index (χ4v) is 1.61. The molecule has 0 fully saturated rings. The van der Waals surface area contributed by atoms with Gasteiger partial charge in [-0.15, -0.1) is 0 Å². The third kappa shape index (κ3) is 5.48. The first-order valence-electron chi connectivity index (χ1n) is 6.20. The Hall–Kier alpha value is -1.76. The molecule has 0 aliphatic rings. The minimum absolute atomic E-state index is 0.283. The van der Waals surface area contributed by atoms with Gasteiger partial charge in [-0.1, -0.05) is 12.1 Å². The van der Waals surface area contributed by atoms with Gasteiger partial charge >= 0.3 is 12.2 Å². The lowest BCUT2D eigenvalue weighted by molar-refractivity contribution is -0.136. The van der Waals surface area contributed by atoms with Crippen molar-refractivity contribution in [2.24, 2.45) is 0 Å². The van der Waals surface area contributed by atoms with E-state index in [1.54, 1.807) is 6.92 Å². The van der Waals surface area contributed by atoms with Crippen LogP contribution >= 0.6 is 0 Å². The molecule has 112 valence electrons. The summed E-state index contributed by atoms with van der Waals surface area (Å²) in [6, 6.07) is 4.07. The van der Waals surface area contributed by atoms with Crippen LogP contribution in [-0.4, -0.2) is 23.8 Å². The smallest absolute Gasteiger partial charge is 0.393 e. The second kappa shape index (κ2) is 7.14. The monoisotopic (exact) mass is 290 g/mol. The maximum atomic E-state index is 12.7. The number of hydrogen-bond acceptors (Lipinski definition) is 2. The fraction of sp³-hybridized carbons (Fsp3) is 0.462. The van der Waals surface area contributed by atoms with E-state index in [0.29, 0.717) is 12.8 Å². The third-order valence-electron chi connectivity index (χ3n) is 2.56. The predicted molar refractivity (Wildman–Crippen MR) is 69.4 cm³/mol. The number of rotatable bonds is 5. The molecule has 3 N–H and O–H groups in total. The zero-order valence-corrected chi connectivity index (χ0v) is 11.0. The van der Waals surface area contributed by atoms with Crippen molar-refractivity contribution in [1.82, 2.24) is 5.32 Å². The molecule has 1 unspecified atom stereocenters. The normalized spacial score (nSPS) is 12.8. The van der Waals surface area contributed by atoms with Crippen LogP contribution in [0.2, 0.25) is 0 Å². The number of alkyl halides is 3. The molecule has 0 heterocycles. The molecule has 0 spiro atoms. The molecule has 0 bridgehead atoms. The van der Waals surface area contributed by atoms with Crippen LogP contribution in [0.25, 0.3) is 0 Å². The topological polar surface area (TPSA) is 61.4 Å². The summed E-state index contributed by atoms with van der Waals surface area (Å²) in [6.07, 6.45) is -3.92. The highest BCUT2D eigenvalue weighted by atomic mass is 19.4. The molecule has 0 aromatic heterocycles. The van der Waals surface area contributed by atoms with Crippen molar-refractivity contribution in [1.29, 1.82) is 0 Å². The summed E-state index contributed by atoms with van der Waals surface area (Å²) in [5.41, 5.74) is -1.17. The summed E-state index contributed by atoms with van der Waals surface area (Å²) in [7, 11) is 0. The molecule has 0 aliphatic heterocycles. The lowest BCUT2D eigenvalue weighted by atomic mass is 10.1. The van der Waals surface area contributed by atoms with E-state index in [2.05, 4.69) is 10.6 Å². The molecule has 0 radical (unpaired) electrons. The van der Waals surface area contributed by atoms with E-state index in [1.807, 2.05) is 0 Å². The zero-order chi connectivity index (χ0) is 15.2. The Kier molecular flexibility index (Phi) is 5.82. The van der Waals surface area contributed by atoms with Gasteiger partial charge in [-0.3, -0.25) is 0 Å². The van der Waals surface area contributed by atoms with Gasteiger partial charge in [-0.25, -0.2) is 4.79 Å². The van der Waals surface area contributed by atoms with Crippen molar-refractivity contribution in [2.45, 2.75) is 32.0 Å². The first-order chi connectivity index (χ1) is 9.30. The lowest BCUT2D eigenvalue weighted by Gasteiger charge is -2.14. The molecule has 2 amide bonds. The fourth-order valence-electron chi connectivity index (χ4n) is 1.61. The minimum Gasteiger partial charge on any atom is -0.393 e. The summed E-state index contributed by atoms with van der Waals surface area (Å²) in [4.78, 5) is 11.5. The Labute approximate surface area is 115 Å². The van der Waals surface area contributed by atoms with Gasteiger partial charge in [-0.05, 0) is 31.9 Å². The second-order valence-electron chi connectivity index (χ2n) is 4.42. The maximum Gasteiger partial charge on any atom is 0.418 e. The molecule has 7 heteroatoms. The average molecular weight is 290 g/mol. The van der Waals surface area contributed by atoms with Crippen LogP contribution in [0.1, 0.15) is 25.3 Å². The Balaban J connectivity index is 2.54. The second-order valence-corrected chi connectivity index (χ2v) is 4.42. The van der Waals surface area contributed by atoms with Crippen molar-refractivity contribution < 1.29 is 23.1 Å². The van der Waals surface area contributed by atoms with Crippen LogP contribution in [0.3, 0.4) is 0 Å². The van der Waals surface area contributed by atoms with Gasteiger partial charge in [0.15, 0.2) is 0 Å². The Morgan fingerprint density at radius 3 is 2.60 bits per heavy atom. The van der Waals surface area contributed by atoms with E-state index in [9.17, 15) is 18.0 Å². The molecule has 1 atom stereocenters. The molecule has 4 nitrogen and oxygen atoms in total. The molecule has 1 aromatic rings. The van der Waals surface area contributed by atoms with Crippen molar-refractivity contribution in [2.75, 3.05) is 11.9 Å². The third-order valence-corrected chi connectivity index (χ3v) is 2.56. The van der Waals surface area contributed by atoms with Crippen LogP contribution in [0, 0.1) is 0 Å². The van der Waals surface area contributed by atoms with Gasteiger partial charge < -0.3 is 15.7 Å². The molecule has 1 rings (SSSR count). The van der Waals surface area contributed by atoms with Crippen molar-refractivity contribution in [3.63, 3.8) is 0 Å². The van der Waals surface area contributed by atoms with Gasteiger partial charge in [-0.2, -0.15) is 13.2 Å². The highest BCUT2D eigenvalue weighted by Gasteiger charge is 2.33. The number of anilines is 1. The van der Waals surface area contributed by atoms with Gasteiger partial charge in [0, 0.05) is 6.54 Å². The zero-order valence-electron chi connectivity index (χ0n) is 11.0. The molecule has 0 aliphatic carbocycles. The van der Waals surface area contributed by atoms with Crippen molar-refractivity contribution >= 4 is 11.7 Å². The SMILES string of the molecule is CC(O)CCCNC(=O)Nc1ccccc1C(F)(F)F. The number of hydrogen-bond donors (Lipinski definition) is 3. The van der Waals surface area contributed by atoms with Crippen molar-refractivity contribution in [3.8, 4) is 0 Å². The maximum absolute atomic E-state index is 12.7. The van der Waals surface area contributed by atoms with Crippen LogP contribution < -0.4 is 10.6 Å². The molecule has 1 aromatic carbocycles. The average Bonchev–Trinajstić information content (AvgIpc) is 2.34. The molecule has 0 saturated carbocycles. The number of benzene rings is 1. The number of aliphatic hydroxyl groups excluding tert-OH is 1. The summed E-state index contributed by atoms with van der Waals surface area (Å²) in [5, 5.41) is 13.6. The molecular formula is C13H17F3N2O2. The number of nitrogens with one attached hydrogen (secondary N) is 2. The Bertz CT molecular complexity index is 447. The highest BCUT2D eigenvalue weighted by molar-refractivity contribution is 5.90. The number of para-hydroxylation sites is 1. The van der Waals surface area contributed by atoms with Gasteiger partial charge in [0.25, 0.3) is 0 Å². The Morgan fingerprint density at radius 2 is 2.00 bits per heavy atom. The van der Waals surface area contributed by atoms with E-state index in [-0.39, 0.29) is 12.2 Å². The summed E-state index contributed by atoms with van der Waals surface area (Å²) >= 11 is 0. The quantitative estimate of drug-likeness (QED) is 0.730. The van der Waals surface area contributed by atoms with Crippen LogP contribution in [0.15, 0.2) is 24.3 Å². The first-order valence-corrected chi connectivity index (χ1v) is 6.20. The van der Waals surface area contributed by atoms with Crippen molar-refractivity contribution in [3.05, 3.63) is 29.8 Å². The summed E-state index contributed by atoms with van der Waals surface area (Å²) in [5.74, 6) is 0. The van der Waals surface area contributed by atoms with Gasteiger partial charge in [0.05, 0.1) is 17.4 Å². The number of amides is 2. The highest BCUT2D eigenvalue weighted by Crippen LogP contribution is 2.34. The van der Waals surface area contributed by atoms with Crippen LogP contribution in [-0.2, 0) is 6.18 Å². The number of carbonyl (C=O) groups is 1. The lowest BCUT2D eigenvalue weighted by Crippen LogP contribution is -2.30. The summed E-state index contributed by atoms with van der Waals surface area (Å²) in [6.45, 7) is 1.91. The summed E-state index contributed by atoms with van der Waals surface area (Å²) < 4.78 is 38.1. The van der Waals surface area contributed by atoms with E-state index in [4.69, 9.17) is 5.11 Å². The van der Waals surface area contributed by atoms with Crippen LogP contribution in [0.5, 0.6) is 0 Å². The Morgan fingerprint density at radius 1 is 1.35 bits per heavy atom. The molecule has 0 saturated heterocycles. The molecule has 20 heavy (non-hydrogen) atoms. The predicted octanol–water partition coefficient (Wildman–Crippen LogP) is 2.99. The largest absolute Gasteiger partial charge is 0.418 e. The van der Waals surface area contributed by atoms with E-state index in [1.165, 1.54) is 18.2 Å². The molecular weight excluding hydrogens is 273 g/mol. The van der Waals surface area contributed by atoms with Gasteiger partial charge in [0.1, 0.15) is 0 Å². The number of urea groups is 1. The van der Waals surface area contributed by atoms with Gasteiger partial charge in [0.2, 0.25) is 0 Å². The van der Waals surface area contributed by atoms with E-state index < -0.39 is 23.9 Å². The number of halogens is 3. The number of carbonyl (C=O) groups excluding carboxylic acids is 1. The van der Waals surface area contributed by atoms with E-state index in [0.717, 1.165) is 6.07 Å². The van der Waals surface area contributed by atoms with Crippen LogP contribution in [0.4, 0.5) is 23.7 Å². The van der Waals surface area contributed by atoms with E-state index >= 15 is 0 Å². The first kappa shape index (κ1) is 16.3. The minimum atomic E-state index is -4.52. The standard InChI is InChI=1S/C13H17F3N2O2/c1-9(19)5-4-8-17-12(20)18-11-7-3-2-6-10(11)13(14,15)16/h2-3,6-7,9,19H,4-5,8H2,1H3,(H2,17,18,20). The number of aliphatic hydroxyl groups is 1.